The summed E-state index contributed by atoms with van der Waals surface area (Å²) in [5.41, 5.74) is 1.32. The van der Waals surface area contributed by atoms with Crippen molar-refractivity contribution < 1.29 is 19.1 Å². The van der Waals surface area contributed by atoms with Crippen molar-refractivity contribution >= 4 is 41.0 Å². The molecule has 1 amide bonds. The molecule has 0 bridgehead atoms. The first kappa shape index (κ1) is 22.0. The molecule has 1 N–H and O–H groups in total. The number of amides is 1. The number of carbonyl (C=O) groups is 3. The van der Waals surface area contributed by atoms with Gasteiger partial charge < -0.3 is 10.1 Å². The fourth-order valence-corrected chi connectivity index (χ4v) is 3.03. The summed E-state index contributed by atoms with van der Waals surface area (Å²) in [5.74, 6) is -1.15. The molecule has 0 unspecified atom stereocenters. The van der Waals surface area contributed by atoms with Gasteiger partial charge in [0.2, 0.25) is 0 Å². The van der Waals surface area contributed by atoms with Crippen LogP contribution < -0.4 is 5.32 Å². The lowest BCUT2D eigenvalue weighted by molar-refractivity contribution is -0.154. The summed E-state index contributed by atoms with van der Waals surface area (Å²) < 4.78 is 5.11. The van der Waals surface area contributed by atoms with Gasteiger partial charge in [0.15, 0.2) is 11.9 Å². The SMILES string of the molecule is CSc1ccc(C(=O)CCC(=O)O[C@@H](C)C(=O)NCc2ccccc2Cl)cc1. The van der Waals surface area contributed by atoms with Crippen LogP contribution in [0.1, 0.15) is 35.7 Å². The molecule has 0 aliphatic rings. The van der Waals surface area contributed by atoms with Gasteiger partial charge in [-0.15, -0.1) is 11.8 Å². The first-order valence-electron chi connectivity index (χ1n) is 8.78. The molecule has 1 atom stereocenters. The Balaban J connectivity index is 1.75. The second kappa shape index (κ2) is 10.9. The zero-order chi connectivity index (χ0) is 20.5. The van der Waals surface area contributed by atoms with Crippen LogP contribution in [0.4, 0.5) is 0 Å². The predicted octanol–water partition coefficient (Wildman–Crippen LogP) is 4.27. The Morgan fingerprint density at radius 1 is 1.07 bits per heavy atom. The van der Waals surface area contributed by atoms with Crippen molar-refractivity contribution in [3.05, 3.63) is 64.7 Å². The molecule has 5 nitrogen and oxygen atoms in total. The number of hydrogen-bond acceptors (Lipinski definition) is 5. The Kier molecular flexibility index (Phi) is 8.54. The molecular formula is C21H22ClNO4S. The topological polar surface area (TPSA) is 72.5 Å². The Labute approximate surface area is 173 Å². The molecular weight excluding hydrogens is 398 g/mol. The molecule has 0 spiro atoms. The fourth-order valence-electron chi connectivity index (χ4n) is 2.41. The first-order chi connectivity index (χ1) is 13.4. The number of rotatable bonds is 9. The van der Waals surface area contributed by atoms with Crippen molar-refractivity contribution in [3.8, 4) is 0 Å². The average Bonchev–Trinajstić information content (AvgIpc) is 2.71. The molecule has 2 rings (SSSR count). The third-order valence-corrected chi connectivity index (χ3v) is 5.17. The molecule has 148 valence electrons. The highest BCUT2D eigenvalue weighted by atomic mass is 35.5. The monoisotopic (exact) mass is 419 g/mol. The number of ketones is 1. The van der Waals surface area contributed by atoms with E-state index in [2.05, 4.69) is 5.32 Å². The van der Waals surface area contributed by atoms with Gasteiger partial charge in [-0.05, 0) is 36.9 Å². The summed E-state index contributed by atoms with van der Waals surface area (Å²) in [6.45, 7) is 1.73. The first-order valence-corrected chi connectivity index (χ1v) is 10.4. The Hall–Kier alpha value is -2.31. The van der Waals surface area contributed by atoms with E-state index in [1.807, 2.05) is 24.5 Å². The maximum atomic E-state index is 12.2. The molecule has 0 aliphatic carbocycles. The van der Waals surface area contributed by atoms with Crippen LogP contribution in [0.5, 0.6) is 0 Å². The summed E-state index contributed by atoms with van der Waals surface area (Å²) in [4.78, 5) is 37.2. The lowest BCUT2D eigenvalue weighted by atomic mass is 10.1. The van der Waals surface area contributed by atoms with E-state index < -0.39 is 18.0 Å². The van der Waals surface area contributed by atoms with E-state index in [-0.39, 0.29) is 25.2 Å². The highest BCUT2D eigenvalue weighted by Crippen LogP contribution is 2.16. The minimum atomic E-state index is -0.953. The highest BCUT2D eigenvalue weighted by molar-refractivity contribution is 7.98. The summed E-state index contributed by atoms with van der Waals surface area (Å²) >= 11 is 7.63. The average molecular weight is 420 g/mol. The summed E-state index contributed by atoms with van der Waals surface area (Å²) in [6, 6.07) is 14.4. The maximum Gasteiger partial charge on any atom is 0.307 e. The van der Waals surface area contributed by atoms with E-state index in [1.165, 1.54) is 6.92 Å². The maximum absolute atomic E-state index is 12.2. The minimum absolute atomic E-state index is 0.0331. The van der Waals surface area contributed by atoms with Crippen LogP contribution in [0, 0.1) is 0 Å². The Bertz CT molecular complexity index is 839. The van der Waals surface area contributed by atoms with E-state index in [0.717, 1.165) is 10.5 Å². The summed E-state index contributed by atoms with van der Waals surface area (Å²) in [7, 11) is 0. The third kappa shape index (κ3) is 6.69. The second-order valence-electron chi connectivity index (χ2n) is 6.09. The summed E-state index contributed by atoms with van der Waals surface area (Å²) in [6.07, 6.45) is 0.959. The predicted molar refractivity (Wildman–Crippen MR) is 111 cm³/mol. The van der Waals surface area contributed by atoms with Gasteiger partial charge in [0.05, 0.1) is 6.42 Å². The number of nitrogens with one attached hydrogen (secondary N) is 1. The molecule has 0 aliphatic heterocycles. The van der Waals surface area contributed by atoms with Gasteiger partial charge in [-0.1, -0.05) is 41.9 Å². The lowest BCUT2D eigenvalue weighted by Gasteiger charge is -2.14. The number of carbonyl (C=O) groups excluding carboxylic acids is 3. The minimum Gasteiger partial charge on any atom is -0.453 e. The van der Waals surface area contributed by atoms with Gasteiger partial charge in [-0.25, -0.2) is 0 Å². The van der Waals surface area contributed by atoms with Crippen LogP contribution in [0.3, 0.4) is 0 Å². The largest absolute Gasteiger partial charge is 0.453 e. The molecule has 0 fully saturated rings. The standard InChI is InChI=1S/C21H22ClNO4S/c1-14(21(26)23-13-16-5-3-4-6-18(16)22)27-20(25)12-11-19(24)15-7-9-17(28-2)10-8-15/h3-10,14H,11-13H2,1-2H3,(H,23,26)/t14-/m0/s1. The van der Waals surface area contributed by atoms with Crippen molar-refractivity contribution in [1.29, 1.82) is 0 Å². The van der Waals surface area contributed by atoms with Crippen LogP contribution >= 0.6 is 23.4 Å². The van der Waals surface area contributed by atoms with Gasteiger partial charge in [-0.2, -0.15) is 0 Å². The molecule has 2 aromatic rings. The molecule has 28 heavy (non-hydrogen) atoms. The van der Waals surface area contributed by atoms with Crippen LogP contribution in [-0.4, -0.2) is 30.0 Å². The number of halogens is 1. The smallest absolute Gasteiger partial charge is 0.307 e. The summed E-state index contributed by atoms with van der Waals surface area (Å²) in [5, 5.41) is 3.23. The number of benzene rings is 2. The van der Waals surface area contributed by atoms with E-state index in [9.17, 15) is 14.4 Å². The van der Waals surface area contributed by atoms with E-state index in [4.69, 9.17) is 16.3 Å². The zero-order valence-corrected chi connectivity index (χ0v) is 17.3. The van der Waals surface area contributed by atoms with Gasteiger partial charge in [0, 0.05) is 28.4 Å². The van der Waals surface area contributed by atoms with Gasteiger partial charge in [-0.3, -0.25) is 14.4 Å². The molecule has 2 aromatic carbocycles. The zero-order valence-electron chi connectivity index (χ0n) is 15.7. The van der Waals surface area contributed by atoms with Crippen LogP contribution in [-0.2, 0) is 20.9 Å². The molecule has 0 radical (unpaired) electrons. The van der Waals surface area contributed by atoms with Crippen molar-refractivity contribution in [2.24, 2.45) is 0 Å². The molecule has 0 aromatic heterocycles. The van der Waals surface area contributed by atoms with Crippen molar-refractivity contribution in [3.63, 3.8) is 0 Å². The number of Topliss-reactive ketones (excluding diaryl/α,β-unsaturated/α-hetero) is 1. The molecule has 0 saturated carbocycles. The number of thioether (sulfide) groups is 1. The lowest BCUT2D eigenvalue weighted by Crippen LogP contribution is -2.35. The normalized spacial score (nSPS) is 11.5. The van der Waals surface area contributed by atoms with Crippen LogP contribution in [0.2, 0.25) is 5.02 Å². The van der Waals surface area contributed by atoms with Gasteiger partial charge >= 0.3 is 5.97 Å². The fraction of sp³-hybridized carbons (Fsp3) is 0.286. The van der Waals surface area contributed by atoms with Crippen molar-refractivity contribution in [1.82, 2.24) is 5.32 Å². The third-order valence-electron chi connectivity index (χ3n) is 4.06. The van der Waals surface area contributed by atoms with Gasteiger partial charge in [0.1, 0.15) is 0 Å². The van der Waals surface area contributed by atoms with Crippen molar-refractivity contribution in [2.45, 2.75) is 37.3 Å². The number of esters is 1. The van der Waals surface area contributed by atoms with Gasteiger partial charge in [0.25, 0.3) is 5.91 Å². The number of hydrogen-bond donors (Lipinski definition) is 1. The molecule has 0 heterocycles. The highest BCUT2D eigenvalue weighted by Gasteiger charge is 2.18. The Morgan fingerprint density at radius 2 is 1.75 bits per heavy atom. The quantitative estimate of drug-likeness (QED) is 0.373. The van der Waals surface area contributed by atoms with Crippen LogP contribution in [0.25, 0.3) is 0 Å². The number of ether oxygens (including phenoxy) is 1. The van der Waals surface area contributed by atoms with E-state index in [1.54, 1.807) is 42.1 Å². The Morgan fingerprint density at radius 3 is 2.39 bits per heavy atom. The van der Waals surface area contributed by atoms with E-state index >= 15 is 0 Å². The van der Waals surface area contributed by atoms with Crippen molar-refractivity contribution in [2.75, 3.05) is 6.26 Å². The van der Waals surface area contributed by atoms with Crippen LogP contribution in [0.15, 0.2) is 53.4 Å². The van der Waals surface area contributed by atoms with E-state index in [0.29, 0.717) is 10.6 Å². The molecule has 0 saturated heterocycles. The molecule has 7 heteroatoms. The second-order valence-corrected chi connectivity index (χ2v) is 7.38.